The van der Waals surface area contributed by atoms with Gasteiger partial charge in [-0.1, -0.05) is 42.5 Å². The fraction of sp³-hybridized carbons (Fsp3) is 0.0714. The number of H-pyrrole nitrogens is 1. The van der Waals surface area contributed by atoms with Crippen LogP contribution in [0.15, 0.2) is 85.1 Å². The number of hydrogen-bond donors (Lipinski definition) is 1. The van der Waals surface area contributed by atoms with E-state index in [1.807, 2.05) is 66.8 Å². The third kappa shape index (κ3) is 4.93. The molecule has 162 valence electrons. The van der Waals surface area contributed by atoms with Crippen molar-refractivity contribution in [2.75, 3.05) is 0 Å². The highest BCUT2D eigenvalue weighted by Gasteiger charge is 2.02. The van der Waals surface area contributed by atoms with Gasteiger partial charge >= 0.3 is 0 Å². The molecular formula is C28H24N4O. The number of aromatic amines is 1. The molecule has 0 saturated heterocycles. The van der Waals surface area contributed by atoms with Crippen molar-refractivity contribution in [3.63, 3.8) is 0 Å². The molecule has 5 nitrogen and oxygen atoms in total. The third-order valence-corrected chi connectivity index (χ3v) is 5.48. The number of nitrogens with one attached hydrogen (secondary N) is 1. The van der Waals surface area contributed by atoms with E-state index in [4.69, 9.17) is 4.74 Å². The van der Waals surface area contributed by atoms with E-state index in [-0.39, 0.29) is 0 Å². The van der Waals surface area contributed by atoms with Crippen LogP contribution in [0.2, 0.25) is 0 Å². The number of para-hydroxylation sites is 1. The Balaban J connectivity index is 1.20. The zero-order valence-electron chi connectivity index (χ0n) is 18.3. The summed E-state index contributed by atoms with van der Waals surface area (Å²) < 4.78 is 7.98. The lowest BCUT2D eigenvalue weighted by Crippen LogP contribution is -1.97. The van der Waals surface area contributed by atoms with E-state index in [2.05, 4.69) is 63.2 Å². The van der Waals surface area contributed by atoms with E-state index in [1.54, 1.807) is 6.20 Å². The summed E-state index contributed by atoms with van der Waals surface area (Å²) in [4.78, 5) is 4.27. The first-order chi connectivity index (χ1) is 16.2. The molecule has 33 heavy (non-hydrogen) atoms. The van der Waals surface area contributed by atoms with E-state index in [1.165, 1.54) is 10.9 Å². The topological polar surface area (TPSA) is 55.7 Å². The number of aryl methyl sites for hydroxylation is 1. The molecule has 0 unspecified atom stereocenters. The molecule has 3 aromatic heterocycles. The quantitative estimate of drug-likeness (QED) is 0.332. The second kappa shape index (κ2) is 9.40. The van der Waals surface area contributed by atoms with Gasteiger partial charge in [0.25, 0.3) is 0 Å². The molecule has 0 aliphatic rings. The Kier molecular flexibility index (Phi) is 5.85. The number of aromatic nitrogens is 4. The molecule has 2 aromatic carbocycles. The number of benzene rings is 2. The average Bonchev–Trinajstić information content (AvgIpc) is 3.45. The first kappa shape index (κ1) is 20.5. The normalized spacial score (nSPS) is 11.7. The van der Waals surface area contributed by atoms with E-state index >= 15 is 0 Å². The maximum Gasteiger partial charge on any atom is 0.130 e. The van der Waals surface area contributed by atoms with Crippen LogP contribution in [0.3, 0.4) is 0 Å². The van der Waals surface area contributed by atoms with Gasteiger partial charge in [-0.25, -0.2) is 0 Å². The molecule has 0 bridgehead atoms. The molecule has 0 fully saturated rings. The van der Waals surface area contributed by atoms with Crippen molar-refractivity contribution in [2.24, 2.45) is 7.05 Å². The SMILES string of the molecule is Cn1c(C=Cc2cc(/C=C/c3ccc(OCc4ccccn4)cc3)n[nH]2)cc2ccccc21. The Bertz CT molecular complexity index is 1410. The van der Waals surface area contributed by atoms with E-state index in [0.717, 1.165) is 34.1 Å². The molecule has 5 aromatic rings. The summed E-state index contributed by atoms with van der Waals surface area (Å²) in [6, 6.07) is 26.4. The van der Waals surface area contributed by atoms with Gasteiger partial charge in [-0.2, -0.15) is 5.10 Å². The molecule has 1 N–H and O–H groups in total. The maximum atomic E-state index is 5.79. The minimum Gasteiger partial charge on any atom is -0.487 e. The number of hydrogen-bond acceptors (Lipinski definition) is 3. The lowest BCUT2D eigenvalue weighted by Gasteiger charge is -2.05. The largest absolute Gasteiger partial charge is 0.487 e. The summed E-state index contributed by atoms with van der Waals surface area (Å²) >= 11 is 0. The van der Waals surface area contributed by atoms with Gasteiger partial charge in [-0.15, -0.1) is 0 Å². The summed E-state index contributed by atoms with van der Waals surface area (Å²) in [7, 11) is 2.08. The minimum absolute atomic E-state index is 0.457. The van der Waals surface area contributed by atoms with Crippen LogP contribution in [-0.4, -0.2) is 19.7 Å². The highest BCUT2D eigenvalue weighted by molar-refractivity contribution is 5.85. The summed E-state index contributed by atoms with van der Waals surface area (Å²) in [6.07, 6.45) is 9.95. The van der Waals surface area contributed by atoms with Gasteiger partial charge in [0, 0.05) is 29.8 Å². The lowest BCUT2D eigenvalue weighted by atomic mass is 10.2. The van der Waals surface area contributed by atoms with E-state index in [0.29, 0.717) is 6.61 Å². The van der Waals surface area contributed by atoms with Crippen LogP contribution in [0.5, 0.6) is 5.75 Å². The van der Waals surface area contributed by atoms with Crippen molar-refractivity contribution in [3.05, 3.63) is 113 Å². The Morgan fingerprint density at radius 3 is 2.55 bits per heavy atom. The standard InChI is InChI=1S/C28H24N4O/c1-32-26(18-22-6-2-3-8-28(22)32)14-13-24-19-23(30-31-24)12-9-21-10-15-27(16-11-21)33-20-25-7-4-5-17-29-25/h2-19H,20H2,1H3,(H,30,31)/b12-9+,14-13?. The second-order valence-corrected chi connectivity index (χ2v) is 7.78. The molecule has 3 heterocycles. The number of rotatable bonds is 7. The van der Waals surface area contributed by atoms with Gasteiger partial charge in [0.2, 0.25) is 0 Å². The van der Waals surface area contributed by atoms with Gasteiger partial charge in [0.05, 0.1) is 17.1 Å². The summed E-state index contributed by atoms with van der Waals surface area (Å²) in [6.45, 7) is 0.457. The zero-order chi connectivity index (χ0) is 22.5. The predicted molar refractivity (Wildman–Crippen MR) is 134 cm³/mol. The smallest absolute Gasteiger partial charge is 0.130 e. The average molecular weight is 433 g/mol. The Hall–Kier alpha value is -4.38. The minimum atomic E-state index is 0.457. The van der Waals surface area contributed by atoms with Crippen LogP contribution in [-0.2, 0) is 13.7 Å². The lowest BCUT2D eigenvalue weighted by molar-refractivity contribution is 0.301. The molecule has 0 atom stereocenters. The molecule has 0 radical (unpaired) electrons. The van der Waals surface area contributed by atoms with Crippen LogP contribution in [0.1, 0.15) is 28.3 Å². The number of fused-ring (bicyclic) bond motifs is 1. The van der Waals surface area contributed by atoms with Gasteiger partial charge in [0.15, 0.2) is 0 Å². The maximum absolute atomic E-state index is 5.79. The van der Waals surface area contributed by atoms with Crippen LogP contribution in [0, 0.1) is 0 Å². The first-order valence-corrected chi connectivity index (χ1v) is 10.8. The fourth-order valence-corrected chi connectivity index (χ4v) is 3.67. The van der Waals surface area contributed by atoms with Crippen LogP contribution >= 0.6 is 0 Å². The molecule has 0 spiro atoms. The van der Waals surface area contributed by atoms with Crippen LogP contribution in [0.4, 0.5) is 0 Å². The molecule has 5 heteroatoms. The third-order valence-electron chi connectivity index (χ3n) is 5.48. The molecule has 5 rings (SSSR count). The molecule has 0 aliphatic heterocycles. The monoisotopic (exact) mass is 432 g/mol. The zero-order valence-corrected chi connectivity index (χ0v) is 18.3. The van der Waals surface area contributed by atoms with Crippen LogP contribution in [0.25, 0.3) is 35.2 Å². The number of ether oxygens (including phenoxy) is 1. The fourth-order valence-electron chi connectivity index (χ4n) is 3.67. The summed E-state index contributed by atoms with van der Waals surface area (Å²) in [5.41, 5.74) is 6.19. The van der Waals surface area contributed by atoms with Crippen molar-refractivity contribution >= 4 is 35.2 Å². The van der Waals surface area contributed by atoms with Crippen molar-refractivity contribution in [2.45, 2.75) is 6.61 Å². The van der Waals surface area contributed by atoms with Crippen molar-refractivity contribution < 1.29 is 4.74 Å². The Morgan fingerprint density at radius 1 is 0.879 bits per heavy atom. The summed E-state index contributed by atoms with van der Waals surface area (Å²) in [5.74, 6) is 0.818. The molecule has 0 saturated carbocycles. The van der Waals surface area contributed by atoms with Crippen LogP contribution < -0.4 is 4.74 Å². The van der Waals surface area contributed by atoms with E-state index in [9.17, 15) is 0 Å². The highest BCUT2D eigenvalue weighted by Crippen LogP contribution is 2.20. The molecule has 0 amide bonds. The predicted octanol–water partition coefficient (Wildman–Crippen LogP) is 6.22. The second-order valence-electron chi connectivity index (χ2n) is 7.78. The van der Waals surface area contributed by atoms with Gasteiger partial charge in [-0.3, -0.25) is 10.1 Å². The first-order valence-electron chi connectivity index (χ1n) is 10.8. The van der Waals surface area contributed by atoms with Gasteiger partial charge in [0.1, 0.15) is 12.4 Å². The molecule has 0 aliphatic carbocycles. The van der Waals surface area contributed by atoms with E-state index < -0.39 is 0 Å². The van der Waals surface area contributed by atoms with Crippen molar-refractivity contribution in [1.82, 2.24) is 19.7 Å². The Morgan fingerprint density at radius 2 is 1.73 bits per heavy atom. The number of nitrogens with zero attached hydrogens (tertiary/aromatic N) is 3. The highest BCUT2D eigenvalue weighted by atomic mass is 16.5. The van der Waals surface area contributed by atoms with Crippen molar-refractivity contribution in [3.8, 4) is 5.75 Å². The Labute approximate surface area is 192 Å². The summed E-state index contributed by atoms with van der Waals surface area (Å²) in [5, 5.41) is 8.71. The van der Waals surface area contributed by atoms with Crippen molar-refractivity contribution in [1.29, 1.82) is 0 Å². The van der Waals surface area contributed by atoms with Gasteiger partial charge < -0.3 is 9.30 Å². The number of pyridine rings is 1. The van der Waals surface area contributed by atoms with Gasteiger partial charge in [-0.05, 0) is 66.3 Å². The molecular weight excluding hydrogens is 408 g/mol.